The molecule has 3 nitrogen and oxygen atoms in total. The molecule has 0 saturated heterocycles. The Kier molecular flexibility index (Phi) is 5.26. The Bertz CT molecular complexity index is 446. The zero-order valence-electron chi connectivity index (χ0n) is 11.1. The van der Waals surface area contributed by atoms with Crippen molar-refractivity contribution in [3.63, 3.8) is 0 Å². The summed E-state index contributed by atoms with van der Waals surface area (Å²) >= 11 is 0. The van der Waals surface area contributed by atoms with Crippen molar-refractivity contribution >= 4 is 5.91 Å². The smallest absolute Gasteiger partial charge is 0.252 e. The molecule has 1 aromatic rings. The molecule has 0 aliphatic carbocycles. The van der Waals surface area contributed by atoms with Gasteiger partial charge in [-0.05, 0) is 38.5 Å². The Morgan fingerprint density at radius 1 is 1.50 bits per heavy atom. The van der Waals surface area contributed by atoms with Crippen LogP contribution < -0.4 is 10.1 Å². The van der Waals surface area contributed by atoms with Gasteiger partial charge in [-0.25, -0.2) is 0 Å². The van der Waals surface area contributed by atoms with E-state index < -0.39 is 0 Å². The maximum Gasteiger partial charge on any atom is 0.252 e. The van der Waals surface area contributed by atoms with E-state index in [0.29, 0.717) is 17.7 Å². The monoisotopic (exact) mass is 245 g/mol. The van der Waals surface area contributed by atoms with Crippen molar-refractivity contribution in [2.45, 2.75) is 39.3 Å². The molecule has 1 aromatic carbocycles. The highest BCUT2D eigenvalue weighted by Gasteiger charge is 2.10. The number of hydrogen-bond acceptors (Lipinski definition) is 2. The van der Waals surface area contributed by atoms with Gasteiger partial charge in [0.05, 0.1) is 12.1 Å². The topological polar surface area (TPSA) is 38.3 Å². The average Bonchev–Trinajstić information content (AvgIpc) is 2.35. The minimum Gasteiger partial charge on any atom is -0.491 e. The molecule has 96 valence electrons. The molecule has 0 radical (unpaired) electrons. The first kappa shape index (κ1) is 14.1. The molecule has 1 atom stereocenters. The van der Waals surface area contributed by atoms with E-state index in [1.807, 2.05) is 26.8 Å². The summed E-state index contributed by atoms with van der Waals surface area (Å²) in [5.41, 5.74) is 0.557. The average molecular weight is 245 g/mol. The molecule has 0 fully saturated rings. The van der Waals surface area contributed by atoms with Crippen molar-refractivity contribution in [3.8, 4) is 18.1 Å². The zero-order chi connectivity index (χ0) is 13.5. The fraction of sp³-hybridized carbons (Fsp3) is 0.400. The van der Waals surface area contributed by atoms with Gasteiger partial charge in [0.1, 0.15) is 5.75 Å². The first-order valence-electron chi connectivity index (χ1n) is 6.10. The van der Waals surface area contributed by atoms with E-state index in [1.165, 1.54) is 0 Å². The lowest BCUT2D eigenvalue weighted by Gasteiger charge is -2.13. The summed E-state index contributed by atoms with van der Waals surface area (Å²) in [6.45, 7) is 5.82. The fourth-order valence-corrected chi connectivity index (χ4v) is 1.49. The second-order valence-corrected chi connectivity index (χ2v) is 4.30. The van der Waals surface area contributed by atoms with E-state index in [4.69, 9.17) is 11.2 Å². The van der Waals surface area contributed by atoms with Crippen molar-refractivity contribution in [1.29, 1.82) is 0 Å². The molecular weight excluding hydrogens is 226 g/mol. The zero-order valence-corrected chi connectivity index (χ0v) is 11.1. The number of nitrogens with one attached hydrogen (secondary N) is 1. The van der Waals surface area contributed by atoms with E-state index in [9.17, 15) is 4.79 Å². The third-order valence-corrected chi connectivity index (χ3v) is 2.38. The molecule has 0 spiro atoms. The molecule has 18 heavy (non-hydrogen) atoms. The van der Waals surface area contributed by atoms with Gasteiger partial charge in [0.15, 0.2) is 0 Å². The quantitative estimate of drug-likeness (QED) is 0.810. The third kappa shape index (κ3) is 4.14. The van der Waals surface area contributed by atoms with Crippen LogP contribution in [-0.2, 0) is 0 Å². The Labute approximate surface area is 109 Å². The van der Waals surface area contributed by atoms with Crippen molar-refractivity contribution in [2.24, 2.45) is 0 Å². The van der Waals surface area contributed by atoms with E-state index >= 15 is 0 Å². The maximum atomic E-state index is 11.9. The summed E-state index contributed by atoms with van der Waals surface area (Å²) in [6.07, 6.45) is 6.11. The molecule has 0 aliphatic rings. The van der Waals surface area contributed by atoms with Gasteiger partial charge in [0, 0.05) is 5.56 Å². The third-order valence-electron chi connectivity index (χ3n) is 2.38. The number of carbonyl (C=O) groups is 1. The summed E-state index contributed by atoms with van der Waals surface area (Å²) in [5, 5.41) is 2.78. The van der Waals surface area contributed by atoms with Gasteiger partial charge in [-0.2, -0.15) is 0 Å². The largest absolute Gasteiger partial charge is 0.491 e. The minimum atomic E-state index is -0.229. The van der Waals surface area contributed by atoms with Crippen LogP contribution in [-0.4, -0.2) is 18.1 Å². The standard InChI is InChI=1S/C15H19NO2/c1-5-13(6-2)16-15(17)12-8-7-9-14(10-12)18-11(3)4/h1,7-11,13H,6H2,2-4H3,(H,16,17). The van der Waals surface area contributed by atoms with Gasteiger partial charge in [-0.3, -0.25) is 4.79 Å². The highest BCUT2D eigenvalue weighted by Crippen LogP contribution is 2.15. The van der Waals surface area contributed by atoms with Gasteiger partial charge in [-0.1, -0.05) is 18.9 Å². The van der Waals surface area contributed by atoms with Crippen LogP contribution in [0.25, 0.3) is 0 Å². The van der Waals surface area contributed by atoms with Gasteiger partial charge in [0.2, 0.25) is 0 Å². The molecule has 1 amide bonds. The molecular formula is C15H19NO2. The normalized spacial score (nSPS) is 11.7. The molecule has 1 N–H and O–H groups in total. The van der Waals surface area contributed by atoms with Gasteiger partial charge >= 0.3 is 0 Å². The summed E-state index contributed by atoms with van der Waals surface area (Å²) in [4.78, 5) is 11.9. The number of rotatable bonds is 5. The number of amides is 1. The summed E-state index contributed by atoms with van der Waals surface area (Å²) in [6, 6.07) is 6.86. The molecule has 0 bridgehead atoms. The van der Waals surface area contributed by atoms with Crippen molar-refractivity contribution < 1.29 is 9.53 Å². The van der Waals surface area contributed by atoms with E-state index in [1.54, 1.807) is 18.2 Å². The van der Waals surface area contributed by atoms with Gasteiger partial charge < -0.3 is 10.1 Å². The van der Waals surface area contributed by atoms with Crippen LogP contribution in [0.1, 0.15) is 37.6 Å². The van der Waals surface area contributed by atoms with Crippen LogP contribution in [0.4, 0.5) is 0 Å². The maximum absolute atomic E-state index is 11.9. The molecule has 0 heterocycles. The van der Waals surface area contributed by atoms with Crippen molar-refractivity contribution in [3.05, 3.63) is 29.8 Å². The molecule has 0 aliphatic heterocycles. The van der Waals surface area contributed by atoms with Crippen molar-refractivity contribution in [1.82, 2.24) is 5.32 Å². The lowest BCUT2D eigenvalue weighted by Crippen LogP contribution is -2.33. The molecule has 1 rings (SSSR count). The predicted molar refractivity (Wildman–Crippen MR) is 72.6 cm³/mol. The Morgan fingerprint density at radius 3 is 2.78 bits per heavy atom. The summed E-state index contributed by atoms with van der Waals surface area (Å²) < 4.78 is 5.54. The molecule has 3 heteroatoms. The Balaban J connectivity index is 2.77. The lowest BCUT2D eigenvalue weighted by atomic mass is 10.1. The highest BCUT2D eigenvalue weighted by molar-refractivity contribution is 5.94. The molecule has 0 aromatic heterocycles. The van der Waals surface area contributed by atoms with Crippen LogP contribution in [0.2, 0.25) is 0 Å². The Hall–Kier alpha value is -1.95. The van der Waals surface area contributed by atoms with Crippen LogP contribution in [0, 0.1) is 12.3 Å². The van der Waals surface area contributed by atoms with Crippen molar-refractivity contribution in [2.75, 3.05) is 0 Å². The molecule has 1 unspecified atom stereocenters. The fourth-order valence-electron chi connectivity index (χ4n) is 1.49. The van der Waals surface area contributed by atoms with Crippen LogP contribution >= 0.6 is 0 Å². The van der Waals surface area contributed by atoms with Gasteiger partial charge in [0.25, 0.3) is 5.91 Å². The van der Waals surface area contributed by atoms with Crippen LogP contribution in [0.3, 0.4) is 0 Å². The Morgan fingerprint density at radius 2 is 2.22 bits per heavy atom. The van der Waals surface area contributed by atoms with E-state index in [2.05, 4.69) is 11.2 Å². The highest BCUT2D eigenvalue weighted by atomic mass is 16.5. The molecule has 0 saturated carbocycles. The first-order valence-corrected chi connectivity index (χ1v) is 6.10. The van der Waals surface area contributed by atoms with Crippen LogP contribution in [0.15, 0.2) is 24.3 Å². The second-order valence-electron chi connectivity index (χ2n) is 4.30. The number of benzene rings is 1. The summed E-state index contributed by atoms with van der Waals surface area (Å²) in [5.74, 6) is 3.05. The predicted octanol–water partition coefficient (Wildman–Crippen LogP) is 2.62. The number of ether oxygens (including phenoxy) is 1. The first-order chi connectivity index (χ1) is 8.56. The van der Waals surface area contributed by atoms with Gasteiger partial charge in [-0.15, -0.1) is 6.42 Å². The number of hydrogen-bond donors (Lipinski definition) is 1. The summed E-state index contributed by atoms with van der Waals surface area (Å²) in [7, 11) is 0. The van der Waals surface area contributed by atoms with E-state index in [0.717, 1.165) is 0 Å². The van der Waals surface area contributed by atoms with Crippen LogP contribution in [0.5, 0.6) is 5.75 Å². The SMILES string of the molecule is C#CC(CC)NC(=O)c1cccc(OC(C)C)c1. The second kappa shape index (κ2) is 6.70. The number of carbonyl (C=O) groups excluding carboxylic acids is 1. The minimum absolute atomic E-state index is 0.0809. The number of terminal acetylenes is 1. The lowest BCUT2D eigenvalue weighted by molar-refractivity contribution is 0.0944. The van der Waals surface area contributed by atoms with E-state index in [-0.39, 0.29) is 18.1 Å².